The van der Waals surface area contributed by atoms with Crippen molar-refractivity contribution in [2.75, 3.05) is 26.4 Å². The molecule has 18 atom stereocenters. The molecule has 0 radical (unpaired) electrons. The molecular formula is C66H120N2O21. The highest BCUT2D eigenvalue weighted by atomic mass is 16.8. The molecule has 0 aromatic rings. The molecule has 3 fully saturated rings. The minimum atomic E-state index is -3.08. The number of carboxylic acid groups (broad SMARTS) is 1. The predicted octanol–water partition coefficient (Wildman–Crippen LogP) is 5.67. The van der Waals surface area contributed by atoms with Crippen LogP contribution in [0.15, 0.2) is 24.3 Å². The summed E-state index contributed by atoms with van der Waals surface area (Å²) in [5.41, 5.74) is 0. The number of unbranched alkanes of at least 4 members (excludes halogenated alkanes) is 29. The van der Waals surface area contributed by atoms with Gasteiger partial charge in [-0.2, -0.15) is 0 Å². The summed E-state index contributed by atoms with van der Waals surface area (Å²) in [5.74, 6) is -6.15. The van der Waals surface area contributed by atoms with Crippen molar-refractivity contribution in [3.8, 4) is 0 Å². The number of carbonyl (C=O) groups is 3. The van der Waals surface area contributed by atoms with E-state index in [0.29, 0.717) is 12.8 Å². The van der Waals surface area contributed by atoms with Gasteiger partial charge in [-0.05, 0) is 44.9 Å². The second-order valence-electron chi connectivity index (χ2n) is 25.0. The average Bonchev–Trinajstić information content (AvgIpc) is 0.872. The monoisotopic (exact) mass is 1280 g/mol. The van der Waals surface area contributed by atoms with Crippen LogP contribution in [0.3, 0.4) is 0 Å². The highest BCUT2D eigenvalue weighted by molar-refractivity contribution is 5.77. The molecule has 23 nitrogen and oxygen atoms in total. The van der Waals surface area contributed by atoms with Gasteiger partial charge in [-0.15, -0.1) is 0 Å². The fraction of sp³-hybridized carbons (Fsp3) is 0.894. The van der Waals surface area contributed by atoms with Crippen molar-refractivity contribution in [2.45, 2.75) is 349 Å². The number of aliphatic carboxylic acids is 1. The average molecular weight is 1280 g/mol. The van der Waals surface area contributed by atoms with Gasteiger partial charge < -0.3 is 100 Å². The molecule has 3 saturated heterocycles. The van der Waals surface area contributed by atoms with Crippen molar-refractivity contribution < 1.29 is 104 Å². The number of hydrogen-bond donors (Lipinski definition) is 14. The van der Waals surface area contributed by atoms with Crippen LogP contribution in [-0.4, -0.2) is 215 Å². The first-order valence-electron chi connectivity index (χ1n) is 34.2. The summed E-state index contributed by atoms with van der Waals surface area (Å²) < 4.78 is 34.8. The van der Waals surface area contributed by atoms with E-state index in [4.69, 9.17) is 28.4 Å². The van der Waals surface area contributed by atoms with Crippen molar-refractivity contribution in [1.29, 1.82) is 0 Å². The molecule has 3 rings (SSSR count). The van der Waals surface area contributed by atoms with Crippen molar-refractivity contribution in [3.05, 3.63) is 24.3 Å². The van der Waals surface area contributed by atoms with Crippen LogP contribution in [0.1, 0.15) is 239 Å². The zero-order valence-electron chi connectivity index (χ0n) is 54.0. The summed E-state index contributed by atoms with van der Waals surface area (Å²) in [6.07, 6.45) is 16.5. The summed E-state index contributed by atoms with van der Waals surface area (Å²) >= 11 is 0. The Bertz CT molecular complexity index is 1900. The SMILES string of the molecule is CCCCCCCCCCC/C=C\CCCCCCCC(=O)NC(COC1OC(CO)C(OC2OC(CO)C(O)C(OC3(C(=O)O)CC(O)C(NC(C)=O)C(C(O)C(O)CO)O3)C2O)C(O)C1O)C(O)/C=C/CCCCCCCCCCCCCCCCC. The lowest BCUT2D eigenvalue weighted by Crippen LogP contribution is -2.70. The largest absolute Gasteiger partial charge is 0.477 e. The van der Waals surface area contributed by atoms with E-state index in [9.17, 15) is 75.7 Å². The first-order valence-corrected chi connectivity index (χ1v) is 34.2. The number of rotatable bonds is 51. The van der Waals surface area contributed by atoms with E-state index in [1.807, 2.05) is 6.08 Å². The van der Waals surface area contributed by atoms with Gasteiger partial charge in [-0.3, -0.25) is 9.59 Å². The minimum absolute atomic E-state index is 0.191. The lowest BCUT2D eigenvalue weighted by atomic mass is 9.88. The molecule has 3 aliphatic rings. The summed E-state index contributed by atoms with van der Waals surface area (Å²) in [7, 11) is 0. The van der Waals surface area contributed by atoms with Gasteiger partial charge in [0.2, 0.25) is 11.8 Å². The van der Waals surface area contributed by atoms with Crippen LogP contribution >= 0.6 is 0 Å². The van der Waals surface area contributed by atoms with Crippen LogP contribution in [0, 0.1) is 0 Å². The highest BCUT2D eigenvalue weighted by Crippen LogP contribution is 2.39. The molecule has 0 spiro atoms. The Morgan fingerprint density at radius 1 is 0.584 bits per heavy atom. The van der Waals surface area contributed by atoms with Crippen LogP contribution in [-0.2, 0) is 42.8 Å². The number of allylic oxidation sites excluding steroid dienone is 3. The predicted molar refractivity (Wildman–Crippen MR) is 334 cm³/mol. The van der Waals surface area contributed by atoms with Gasteiger partial charge in [0.15, 0.2) is 12.6 Å². The molecule has 0 aromatic heterocycles. The Hall–Kier alpha value is -2.79. The smallest absolute Gasteiger partial charge is 0.364 e. The second-order valence-corrected chi connectivity index (χ2v) is 25.0. The first kappa shape index (κ1) is 80.4. The van der Waals surface area contributed by atoms with E-state index in [1.165, 1.54) is 135 Å². The molecule has 3 heterocycles. The van der Waals surface area contributed by atoms with Gasteiger partial charge in [0.25, 0.3) is 5.79 Å². The molecule has 3 aliphatic heterocycles. The van der Waals surface area contributed by atoms with E-state index in [-0.39, 0.29) is 12.3 Å². The fourth-order valence-electron chi connectivity index (χ4n) is 11.9. The molecule has 89 heavy (non-hydrogen) atoms. The van der Waals surface area contributed by atoms with E-state index >= 15 is 0 Å². The fourth-order valence-corrected chi connectivity index (χ4v) is 11.9. The molecule has 0 aromatic carbocycles. The molecule has 18 unspecified atom stereocenters. The number of carbonyl (C=O) groups excluding carboxylic acids is 2. The Kier molecular flexibility index (Phi) is 42.6. The molecule has 14 N–H and O–H groups in total. The standard InChI is InChI=1S/C66H120N2O21/c1-4-6-8-10-12-14-16-18-20-22-24-26-28-30-32-34-36-38-40-53(76)68-47(48(73)39-37-35-33-31-29-27-25-23-21-19-17-15-13-11-9-7-5-2)45-84-63-58(80)57(79)60(52(44-71)86-63)87-64-59(81)62(56(78)51(43-70)85-64)89-66(65(82)83)41-49(74)54(67-46(3)72)61(88-66)55(77)50(75)42-69/h24,26,37,39,47-52,54-64,69-71,73-75,77-81H,4-23,25,27-36,38,40-45H2,1-3H3,(H,67,72)(H,68,76)(H,82,83)/b26-24-,39-37+. The summed E-state index contributed by atoms with van der Waals surface area (Å²) in [6.45, 7) is 2.13. The van der Waals surface area contributed by atoms with Gasteiger partial charge in [0.05, 0.1) is 50.7 Å². The van der Waals surface area contributed by atoms with Crippen LogP contribution in [0.5, 0.6) is 0 Å². The number of carboxylic acids is 1. The highest BCUT2D eigenvalue weighted by Gasteiger charge is 2.60. The second kappa shape index (κ2) is 47.1. The van der Waals surface area contributed by atoms with Gasteiger partial charge in [0.1, 0.15) is 67.1 Å². The molecule has 520 valence electrons. The number of aliphatic hydroxyl groups excluding tert-OH is 11. The van der Waals surface area contributed by atoms with Gasteiger partial charge in [-0.25, -0.2) is 4.79 Å². The lowest BCUT2D eigenvalue weighted by molar-refractivity contribution is -0.386. The third-order valence-corrected chi connectivity index (χ3v) is 17.4. The third kappa shape index (κ3) is 30.0. The number of amides is 2. The number of ether oxygens (including phenoxy) is 6. The topological polar surface area (TPSA) is 373 Å². The van der Waals surface area contributed by atoms with Crippen molar-refractivity contribution in [3.63, 3.8) is 0 Å². The van der Waals surface area contributed by atoms with Crippen molar-refractivity contribution in [2.24, 2.45) is 0 Å². The Balaban J connectivity index is 1.62. The Morgan fingerprint density at radius 2 is 1.06 bits per heavy atom. The van der Waals surface area contributed by atoms with E-state index in [2.05, 4.69) is 36.6 Å². The zero-order chi connectivity index (χ0) is 65.4. The summed E-state index contributed by atoms with van der Waals surface area (Å²) in [5, 5.41) is 136. The minimum Gasteiger partial charge on any atom is -0.477 e. The third-order valence-electron chi connectivity index (χ3n) is 17.4. The summed E-state index contributed by atoms with van der Waals surface area (Å²) in [4.78, 5) is 38.5. The lowest BCUT2D eigenvalue weighted by Gasteiger charge is -2.50. The molecule has 23 heteroatoms. The number of hydrogen-bond acceptors (Lipinski definition) is 20. The van der Waals surface area contributed by atoms with Crippen LogP contribution in [0.4, 0.5) is 0 Å². The van der Waals surface area contributed by atoms with Crippen molar-refractivity contribution in [1.82, 2.24) is 10.6 Å². The Labute approximate surface area is 530 Å². The maximum Gasteiger partial charge on any atom is 0.364 e. The van der Waals surface area contributed by atoms with E-state index < -0.39 is 155 Å². The van der Waals surface area contributed by atoms with Crippen LogP contribution < -0.4 is 10.6 Å². The normalized spacial score (nSPS) is 28.9. The molecular weight excluding hydrogens is 1160 g/mol. The van der Waals surface area contributed by atoms with Crippen LogP contribution in [0.2, 0.25) is 0 Å². The van der Waals surface area contributed by atoms with Gasteiger partial charge >= 0.3 is 5.97 Å². The molecule has 0 aliphatic carbocycles. The van der Waals surface area contributed by atoms with Gasteiger partial charge in [-0.1, -0.05) is 199 Å². The van der Waals surface area contributed by atoms with Crippen molar-refractivity contribution >= 4 is 17.8 Å². The van der Waals surface area contributed by atoms with E-state index in [0.717, 1.165) is 64.7 Å². The molecule has 0 saturated carbocycles. The Morgan fingerprint density at radius 3 is 1.53 bits per heavy atom. The van der Waals surface area contributed by atoms with Gasteiger partial charge in [0, 0.05) is 19.8 Å². The quantitative estimate of drug-likeness (QED) is 0.0257. The maximum absolute atomic E-state index is 13.4. The molecule has 2 amide bonds. The van der Waals surface area contributed by atoms with E-state index in [1.54, 1.807) is 6.08 Å². The molecule has 0 bridgehead atoms. The maximum atomic E-state index is 13.4. The number of aliphatic hydroxyl groups is 11. The van der Waals surface area contributed by atoms with Crippen LogP contribution in [0.25, 0.3) is 0 Å². The zero-order valence-corrected chi connectivity index (χ0v) is 54.0. The number of nitrogens with one attached hydrogen (secondary N) is 2. The first-order chi connectivity index (χ1) is 42.9. The summed E-state index contributed by atoms with van der Waals surface area (Å²) in [6, 6.07) is -2.62.